The molecule has 0 aromatic carbocycles. The van der Waals surface area contributed by atoms with Crippen LogP contribution in [0, 0.1) is 5.92 Å². The molecule has 2 N–H and O–H groups in total. The summed E-state index contributed by atoms with van der Waals surface area (Å²) >= 11 is 0. The number of amides is 1. The Morgan fingerprint density at radius 2 is 2.13 bits per heavy atom. The number of hydrogen-bond acceptors (Lipinski definition) is 3. The molecule has 0 spiro atoms. The summed E-state index contributed by atoms with van der Waals surface area (Å²) in [6.07, 6.45) is 1.86. The average Bonchev–Trinajstić information content (AvgIpc) is 2.82. The number of hydrogen-bond donors (Lipinski definition) is 2. The maximum atomic E-state index is 11.7. The average molecular weight is 213 g/mol. The lowest BCUT2D eigenvalue weighted by Crippen LogP contribution is -2.45. The zero-order chi connectivity index (χ0) is 11.1. The molecule has 5 nitrogen and oxygen atoms in total. The number of carbonyl (C=O) groups excluding carboxylic acids is 1. The SMILES string of the molecule is CC1CC(C(=O)NC2(C(=O)O)CC2)CO1. The summed E-state index contributed by atoms with van der Waals surface area (Å²) in [5, 5.41) is 11.5. The van der Waals surface area contributed by atoms with E-state index in [1.165, 1.54) is 0 Å². The summed E-state index contributed by atoms with van der Waals surface area (Å²) in [5.41, 5.74) is -0.969. The van der Waals surface area contributed by atoms with Crippen molar-refractivity contribution >= 4 is 11.9 Å². The molecule has 2 rings (SSSR count). The van der Waals surface area contributed by atoms with Crippen LogP contribution in [0.1, 0.15) is 26.2 Å². The van der Waals surface area contributed by atoms with Crippen LogP contribution in [-0.4, -0.2) is 35.2 Å². The molecule has 0 aromatic heterocycles. The summed E-state index contributed by atoms with van der Waals surface area (Å²) < 4.78 is 5.27. The van der Waals surface area contributed by atoms with E-state index in [0.717, 1.165) is 0 Å². The monoisotopic (exact) mass is 213 g/mol. The molecule has 2 fully saturated rings. The summed E-state index contributed by atoms with van der Waals surface area (Å²) in [5.74, 6) is -1.29. The van der Waals surface area contributed by atoms with Crippen molar-refractivity contribution in [3.8, 4) is 0 Å². The minimum Gasteiger partial charge on any atom is -0.480 e. The summed E-state index contributed by atoms with van der Waals surface area (Å²) in [7, 11) is 0. The van der Waals surface area contributed by atoms with Gasteiger partial charge in [-0.15, -0.1) is 0 Å². The van der Waals surface area contributed by atoms with Gasteiger partial charge in [0.25, 0.3) is 0 Å². The fourth-order valence-electron chi connectivity index (χ4n) is 1.86. The van der Waals surface area contributed by atoms with E-state index in [-0.39, 0.29) is 17.9 Å². The number of carbonyl (C=O) groups is 2. The fraction of sp³-hybridized carbons (Fsp3) is 0.800. The van der Waals surface area contributed by atoms with Gasteiger partial charge in [0.15, 0.2) is 0 Å². The van der Waals surface area contributed by atoms with Gasteiger partial charge < -0.3 is 15.2 Å². The van der Waals surface area contributed by atoms with Gasteiger partial charge in [0.2, 0.25) is 5.91 Å². The van der Waals surface area contributed by atoms with E-state index < -0.39 is 11.5 Å². The number of carboxylic acid groups (broad SMARTS) is 1. The third-order valence-corrected chi connectivity index (χ3v) is 3.09. The molecule has 1 saturated heterocycles. The zero-order valence-corrected chi connectivity index (χ0v) is 8.66. The number of carboxylic acids is 1. The Bertz CT molecular complexity index is 298. The van der Waals surface area contributed by atoms with Crippen molar-refractivity contribution in [3.05, 3.63) is 0 Å². The molecule has 0 aromatic rings. The highest BCUT2D eigenvalue weighted by Gasteiger charge is 2.52. The third kappa shape index (κ3) is 1.97. The molecule has 15 heavy (non-hydrogen) atoms. The van der Waals surface area contributed by atoms with Gasteiger partial charge in [-0.05, 0) is 26.2 Å². The van der Waals surface area contributed by atoms with Gasteiger partial charge in [0, 0.05) is 0 Å². The lowest BCUT2D eigenvalue weighted by molar-refractivity contribution is -0.143. The maximum absolute atomic E-state index is 11.7. The Hall–Kier alpha value is -1.10. The molecule has 2 unspecified atom stereocenters. The van der Waals surface area contributed by atoms with Crippen molar-refractivity contribution in [3.63, 3.8) is 0 Å². The molecule has 1 heterocycles. The summed E-state index contributed by atoms with van der Waals surface area (Å²) in [6, 6.07) is 0. The van der Waals surface area contributed by atoms with Crippen molar-refractivity contribution < 1.29 is 19.4 Å². The summed E-state index contributed by atoms with van der Waals surface area (Å²) in [4.78, 5) is 22.5. The second kappa shape index (κ2) is 3.48. The molecule has 2 aliphatic rings. The minimum atomic E-state index is -0.969. The number of ether oxygens (including phenoxy) is 1. The lowest BCUT2D eigenvalue weighted by Gasteiger charge is -2.15. The molecular weight excluding hydrogens is 198 g/mol. The Kier molecular flexibility index (Phi) is 2.42. The zero-order valence-electron chi connectivity index (χ0n) is 8.66. The van der Waals surface area contributed by atoms with Crippen LogP contribution in [0.3, 0.4) is 0 Å². The van der Waals surface area contributed by atoms with Gasteiger partial charge in [0.05, 0.1) is 18.6 Å². The van der Waals surface area contributed by atoms with E-state index in [2.05, 4.69) is 5.32 Å². The van der Waals surface area contributed by atoms with Crippen molar-refractivity contribution in [2.45, 2.75) is 37.8 Å². The first-order valence-electron chi connectivity index (χ1n) is 5.20. The predicted molar refractivity (Wildman–Crippen MR) is 51.3 cm³/mol. The minimum absolute atomic E-state index is 0.0979. The molecule has 1 saturated carbocycles. The fourth-order valence-corrected chi connectivity index (χ4v) is 1.86. The van der Waals surface area contributed by atoms with E-state index in [9.17, 15) is 9.59 Å². The first-order chi connectivity index (χ1) is 7.03. The Balaban J connectivity index is 1.90. The quantitative estimate of drug-likeness (QED) is 0.699. The number of aliphatic carboxylic acids is 1. The van der Waals surface area contributed by atoms with Crippen molar-refractivity contribution in [2.75, 3.05) is 6.61 Å². The second-order valence-electron chi connectivity index (χ2n) is 4.45. The molecular formula is C10H15NO4. The largest absolute Gasteiger partial charge is 0.480 e. The van der Waals surface area contributed by atoms with Gasteiger partial charge in [-0.25, -0.2) is 4.79 Å². The van der Waals surface area contributed by atoms with Gasteiger partial charge in [-0.2, -0.15) is 0 Å². The van der Waals surface area contributed by atoms with Crippen molar-refractivity contribution in [1.82, 2.24) is 5.32 Å². The molecule has 0 radical (unpaired) electrons. The second-order valence-corrected chi connectivity index (χ2v) is 4.45. The van der Waals surface area contributed by atoms with Gasteiger partial charge in [-0.1, -0.05) is 0 Å². The molecule has 1 aliphatic heterocycles. The Morgan fingerprint density at radius 3 is 2.53 bits per heavy atom. The van der Waals surface area contributed by atoms with Crippen LogP contribution in [0.15, 0.2) is 0 Å². The highest BCUT2D eigenvalue weighted by atomic mass is 16.5. The smallest absolute Gasteiger partial charge is 0.329 e. The molecule has 5 heteroatoms. The van der Waals surface area contributed by atoms with Gasteiger partial charge in [-0.3, -0.25) is 4.79 Å². The lowest BCUT2D eigenvalue weighted by atomic mass is 10.0. The predicted octanol–water partition coefficient (Wildman–Crippen LogP) is 0.145. The third-order valence-electron chi connectivity index (χ3n) is 3.09. The van der Waals surface area contributed by atoms with E-state index in [4.69, 9.17) is 9.84 Å². The van der Waals surface area contributed by atoms with E-state index in [0.29, 0.717) is 25.9 Å². The maximum Gasteiger partial charge on any atom is 0.329 e. The summed E-state index contributed by atoms with van der Waals surface area (Å²) in [6.45, 7) is 2.32. The first kappa shape index (κ1) is 10.4. The van der Waals surface area contributed by atoms with Gasteiger partial charge in [0.1, 0.15) is 5.54 Å². The van der Waals surface area contributed by atoms with Crippen LogP contribution >= 0.6 is 0 Å². The van der Waals surface area contributed by atoms with E-state index in [1.54, 1.807) is 0 Å². The van der Waals surface area contributed by atoms with Crippen molar-refractivity contribution in [1.29, 1.82) is 0 Å². The van der Waals surface area contributed by atoms with Crippen LogP contribution in [0.4, 0.5) is 0 Å². The highest BCUT2D eigenvalue weighted by molar-refractivity contribution is 5.90. The van der Waals surface area contributed by atoms with Crippen LogP contribution in [0.25, 0.3) is 0 Å². The number of rotatable bonds is 3. The topological polar surface area (TPSA) is 75.6 Å². The highest BCUT2D eigenvalue weighted by Crippen LogP contribution is 2.36. The van der Waals surface area contributed by atoms with E-state index >= 15 is 0 Å². The van der Waals surface area contributed by atoms with Crippen LogP contribution in [-0.2, 0) is 14.3 Å². The van der Waals surface area contributed by atoms with Crippen LogP contribution < -0.4 is 5.32 Å². The molecule has 2 atom stereocenters. The normalized spacial score (nSPS) is 32.3. The van der Waals surface area contributed by atoms with E-state index in [1.807, 2.05) is 6.92 Å². The Morgan fingerprint density at radius 1 is 1.47 bits per heavy atom. The number of nitrogens with one attached hydrogen (secondary N) is 1. The first-order valence-corrected chi connectivity index (χ1v) is 5.20. The van der Waals surface area contributed by atoms with Crippen LogP contribution in [0.2, 0.25) is 0 Å². The Labute approximate surface area is 87.8 Å². The van der Waals surface area contributed by atoms with Gasteiger partial charge >= 0.3 is 5.97 Å². The molecule has 1 aliphatic carbocycles. The van der Waals surface area contributed by atoms with Crippen molar-refractivity contribution in [2.24, 2.45) is 5.92 Å². The molecule has 0 bridgehead atoms. The standard InChI is InChI=1S/C10H15NO4/c1-6-4-7(5-15-6)8(12)11-10(2-3-10)9(13)14/h6-7H,2-5H2,1H3,(H,11,12)(H,13,14). The molecule has 84 valence electrons. The van der Waals surface area contributed by atoms with Crippen LogP contribution in [0.5, 0.6) is 0 Å². The molecule has 1 amide bonds.